The van der Waals surface area contributed by atoms with E-state index in [1.54, 1.807) is 10.9 Å². The first-order valence-corrected chi connectivity index (χ1v) is 11.6. The maximum absolute atomic E-state index is 12.8. The van der Waals surface area contributed by atoms with Gasteiger partial charge in [0, 0.05) is 27.9 Å². The maximum atomic E-state index is 12.8. The Hall–Kier alpha value is -2.68. The van der Waals surface area contributed by atoms with E-state index in [4.69, 9.17) is 10.2 Å². The Labute approximate surface area is 194 Å². The van der Waals surface area contributed by atoms with Crippen LogP contribution in [0.4, 0.5) is 0 Å². The molecule has 0 bridgehead atoms. The Balaban J connectivity index is 1.76. The van der Waals surface area contributed by atoms with Gasteiger partial charge in [0.15, 0.2) is 0 Å². The number of halogens is 1. The van der Waals surface area contributed by atoms with Gasteiger partial charge < -0.3 is 0 Å². The second kappa shape index (κ2) is 7.78. The molecule has 1 fully saturated rings. The minimum Gasteiger partial charge on any atom is -0.288 e. The van der Waals surface area contributed by atoms with Crippen molar-refractivity contribution < 1.29 is 0 Å². The lowest BCUT2D eigenvalue weighted by Gasteiger charge is -2.43. The third kappa shape index (κ3) is 3.54. The van der Waals surface area contributed by atoms with Crippen molar-refractivity contribution in [1.29, 1.82) is 0 Å². The highest BCUT2D eigenvalue weighted by molar-refractivity contribution is 14.1. The molecule has 0 amide bonds. The van der Waals surface area contributed by atoms with E-state index in [0.717, 1.165) is 51.0 Å². The molecule has 1 aliphatic heterocycles. The Bertz CT molecular complexity index is 1310. The summed E-state index contributed by atoms with van der Waals surface area (Å²) in [4.78, 5) is 14.4. The lowest BCUT2D eigenvalue weighted by molar-refractivity contribution is 0.273. The molecule has 158 valence electrons. The second-order valence-corrected chi connectivity index (χ2v) is 9.74. The topological polar surface area (TPSA) is 55.4 Å². The Morgan fingerprint density at radius 3 is 2.55 bits per heavy atom. The van der Waals surface area contributed by atoms with E-state index in [0.29, 0.717) is 0 Å². The molecule has 0 saturated carbocycles. The van der Waals surface area contributed by atoms with Crippen LogP contribution < -0.4 is 10.6 Å². The standard InChI is InChI=1S/C24H24IN5O/c1-24(2)14-6-7-16-29(24)30-20(31)13-12-19(26-30)21-22(17-9-4-3-5-10-17)27-28-15-8-11-18(25)23(21)28/h3-5,8-13,15H,6-7,14,16H2,1-2H3. The van der Waals surface area contributed by atoms with E-state index in [2.05, 4.69) is 59.6 Å². The van der Waals surface area contributed by atoms with Crippen molar-refractivity contribution >= 4 is 28.1 Å². The lowest BCUT2D eigenvalue weighted by atomic mass is 9.92. The van der Waals surface area contributed by atoms with Gasteiger partial charge in [-0.3, -0.25) is 9.80 Å². The summed E-state index contributed by atoms with van der Waals surface area (Å²) < 4.78 is 2.99. The van der Waals surface area contributed by atoms with Crippen molar-refractivity contribution in [1.82, 2.24) is 19.5 Å². The summed E-state index contributed by atoms with van der Waals surface area (Å²) in [6.45, 7) is 5.18. The van der Waals surface area contributed by atoms with Gasteiger partial charge >= 0.3 is 0 Å². The van der Waals surface area contributed by atoms with Crippen LogP contribution in [0.1, 0.15) is 33.1 Å². The molecule has 31 heavy (non-hydrogen) atoms. The summed E-state index contributed by atoms with van der Waals surface area (Å²) in [5.41, 5.74) is 4.35. The second-order valence-electron chi connectivity index (χ2n) is 8.58. The van der Waals surface area contributed by atoms with E-state index in [1.807, 2.05) is 41.0 Å². The maximum Gasteiger partial charge on any atom is 0.286 e. The average Bonchev–Trinajstić information content (AvgIpc) is 3.16. The summed E-state index contributed by atoms with van der Waals surface area (Å²) in [6.07, 6.45) is 5.22. The van der Waals surface area contributed by atoms with Crippen LogP contribution in [0.2, 0.25) is 0 Å². The summed E-state index contributed by atoms with van der Waals surface area (Å²) in [5, 5.41) is 11.9. The van der Waals surface area contributed by atoms with E-state index in [9.17, 15) is 4.79 Å². The Morgan fingerprint density at radius 2 is 1.77 bits per heavy atom. The van der Waals surface area contributed by atoms with Crippen LogP contribution in [0.25, 0.3) is 28.0 Å². The number of hydrogen-bond donors (Lipinski definition) is 0. The molecule has 3 aromatic heterocycles. The predicted octanol–water partition coefficient (Wildman–Crippen LogP) is 4.73. The molecule has 4 heterocycles. The molecule has 0 N–H and O–H groups in total. The van der Waals surface area contributed by atoms with E-state index in [1.165, 1.54) is 6.42 Å². The minimum atomic E-state index is -0.120. The lowest BCUT2D eigenvalue weighted by Crippen LogP contribution is -2.58. The number of aromatic nitrogens is 4. The van der Waals surface area contributed by atoms with Crippen molar-refractivity contribution in [2.24, 2.45) is 0 Å². The minimum absolute atomic E-state index is 0.105. The van der Waals surface area contributed by atoms with Crippen molar-refractivity contribution in [2.75, 3.05) is 11.6 Å². The third-order valence-electron chi connectivity index (χ3n) is 6.03. The zero-order valence-corrected chi connectivity index (χ0v) is 19.8. The first-order valence-electron chi connectivity index (χ1n) is 10.6. The number of fused-ring (bicyclic) bond motifs is 1. The molecule has 1 saturated heterocycles. The molecule has 0 radical (unpaired) electrons. The first kappa shape index (κ1) is 20.2. The highest BCUT2D eigenvalue weighted by atomic mass is 127. The van der Waals surface area contributed by atoms with Gasteiger partial charge in [-0.2, -0.15) is 5.10 Å². The fraction of sp³-hybridized carbons (Fsp3) is 0.292. The fourth-order valence-electron chi connectivity index (χ4n) is 4.41. The predicted molar refractivity (Wildman–Crippen MR) is 132 cm³/mol. The summed E-state index contributed by atoms with van der Waals surface area (Å²) in [5.74, 6) is 0. The molecule has 0 atom stereocenters. The number of hydrogen-bond acceptors (Lipinski definition) is 4. The van der Waals surface area contributed by atoms with Crippen LogP contribution >= 0.6 is 22.6 Å². The third-order valence-corrected chi connectivity index (χ3v) is 6.90. The van der Waals surface area contributed by atoms with Gasteiger partial charge in [-0.1, -0.05) is 30.3 Å². The smallest absolute Gasteiger partial charge is 0.286 e. The quantitative estimate of drug-likeness (QED) is 0.363. The molecule has 0 spiro atoms. The molecule has 7 heteroatoms. The normalized spacial score (nSPS) is 16.0. The molecule has 0 unspecified atom stereocenters. The summed E-state index contributed by atoms with van der Waals surface area (Å²) >= 11 is 2.34. The Morgan fingerprint density at radius 1 is 0.968 bits per heavy atom. The molecular weight excluding hydrogens is 501 g/mol. The van der Waals surface area contributed by atoms with Gasteiger partial charge in [0.2, 0.25) is 0 Å². The molecule has 4 aromatic rings. The van der Waals surface area contributed by atoms with Gasteiger partial charge in [-0.15, -0.1) is 9.89 Å². The van der Waals surface area contributed by atoms with Gasteiger partial charge in [0.25, 0.3) is 5.56 Å². The van der Waals surface area contributed by atoms with Gasteiger partial charge in [-0.25, -0.2) is 4.52 Å². The van der Waals surface area contributed by atoms with Gasteiger partial charge in [0.05, 0.1) is 22.3 Å². The number of rotatable bonds is 3. The number of benzene rings is 1. The average molecular weight is 525 g/mol. The van der Waals surface area contributed by atoms with Crippen LogP contribution in [0.5, 0.6) is 0 Å². The molecule has 5 rings (SSSR count). The number of nitrogens with zero attached hydrogens (tertiary/aromatic N) is 5. The van der Waals surface area contributed by atoms with Gasteiger partial charge in [0.1, 0.15) is 5.69 Å². The SMILES string of the molecule is CC1(C)CCCCN1n1nc(-c2c(-c3ccccc3)nn3cccc(I)c23)ccc1=O. The molecule has 6 nitrogen and oxygen atoms in total. The fourth-order valence-corrected chi connectivity index (χ4v) is 5.13. The van der Waals surface area contributed by atoms with E-state index in [-0.39, 0.29) is 11.1 Å². The van der Waals surface area contributed by atoms with Crippen LogP contribution in [-0.4, -0.2) is 31.6 Å². The molecular formula is C24H24IN5O. The summed E-state index contributed by atoms with van der Waals surface area (Å²) in [7, 11) is 0. The molecule has 0 aliphatic carbocycles. The monoisotopic (exact) mass is 525 g/mol. The zero-order valence-electron chi connectivity index (χ0n) is 17.6. The first-order chi connectivity index (χ1) is 15.0. The van der Waals surface area contributed by atoms with Crippen molar-refractivity contribution in [2.45, 2.75) is 38.6 Å². The highest BCUT2D eigenvalue weighted by Gasteiger charge is 2.32. The molecule has 1 aliphatic rings. The van der Waals surface area contributed by atoms with Crippen molar-refractivity contribution in [3.05, 3.63) is 74.7 Å². The number of piperidine rings is 1. The van der Waals surface area contributed by atoms with Crippen LogP contribution in [0.15, 0.2) is 65.6 Å². The van der Waals surface area contributed by atoms with Crippen molar-refractivity contribution in [3.8, 4) is 22.5 Å². The summed E-state index contributed by atoms with van der Waals surface area (Å²) in [6, 6.07) is 17.6. The Kier molecular flexibility index (Phi) is 5.08. The van der Waals surface area contributed by atoms with E-state index < -0.39 is 0 Å². The highest BCUT2D eigenvalue weighted by Crippen LogP contribution is 2.36. The van der Waals surface area contributed by atoms with Crippen molar-refractivity contribution in [3.63, 3.8) is 0 Å². The van der Waals surface area contributed by atoms with Crippen LogP contribution in [0.3, 0.4) is 0 Å². The van der Waals surface area contributed by atoms with E-state index >= 15 is 0 Å². The number of pyridine rings is 1. The van der Waals surface area contributed by atoms with Gasteiger partial charge in [-0.05, 0) is 73.9 Å². The van der Waals surface area contributed by atoms with Crippen LogP contribution in [0, 0.1) is 3.57 Å². The zero-order chi connectivity index (χ0) is 21.6. The molecule has 1 aromatic carbocycles. The largest absolute Gasteiger partial charge is 0.288 e. The van der Waals surface area contributed by atoms with Crippen LogP contribution in [-0.2, 0) is 0 Å².